The first kappa shape index (κ1) is 22.1. The average molecular weight is 459 g/mol. The maximum atomic E-state index is 5.68. The number of anilines is 2. The maximum absolute atomic E-state index is 5.68. The van der Waals surface area contributed by atoms with Crippen LogP contribution in [0.5, 0.6) is 5.75 Å². The third-order valence-corrected chi connectivity index (χ3v) is 6.23. The Morgan fingerprint density at radius 1 is 1.06 bits per heavy atom. The summed E-state index contributed by atoms with van der Waals surface area (Å²) in [5.41, 5.74) is 10.2. The third-order valence-electron chi connectivity index (χ3n) is 6.23. The number of aromatic nitrogens is 5. The largest absolute Gasteiger partial charge is 0.496 e. The van der Waals surface area contributed by atoms with Crippen LogP contribution in [0.1, 0.15) is 37.3 Å². The first-order chi connectivity index (χ1) is 16.8. The number of methoxy groups -OCH3 is 1. The van der Waals surface area contributed by atoms with E-state index in [0.29, 0.717) is 37.4 Å². The summed E-state index contributed by atoms with van der Waals surface area (Å²) in [6.07, 6.45) is 8.59. The van der Waals surface area contributed by atoms with Gasteiger partial charge >= 0.3 is 0 Å². The van der Waals surface area contributed by atoms with Crippen molar-refractivity contribution in [3.63, 3.8) is 0 Å². The number of nitrogens with zero attached hydrogens (tertiary/aromatic N) is 5. The number of rotatable bonds is 9. The summed E-state index contributed by atoms with van der Waals surface area (Å²) in [7, 11) is 1.67. The van der Waals surface area contributed by atoms with E-state index in [4.69, 9.17) is 15.5 Å². The van der Waals surface area contributed by atoms with E-state index in [1.807, 2.05) is 42.9 Å². The van der Waals surface area contributed by atoms with Crippen LogP contribution in [0.25, 0.3) is 22.4 Å². The zero-order chi connectivity index (χ0) is 23.3. The van der Waals surface area contributed by atoms with E-state index in [1.54, 1.807) is 7.11 Å². The van der Waals surface area contributed by atoms with Gasteiger partial charge in [-0.25, -0.2) is 4.98 Å². The van der Waals surface area contributed by atoms with Crippen LogP contribution in [0.4, 0.5) is 11.8 Å². The SMILES string of the molecule is COc1ccccc1-c1ccc(CNc2nc(NCCN)nc3c2ncn3C2CCCC2)cn1. The van der Waals surface area contributed by atoms with Gasteiger partial charge in [0.25, 0.3) is 0 Å². The summed E-state index contributed by atoms with van der Waals surface area (Å²) >= 11 is 0. The van der Waals surface area contributed by atoms with Gasteiger partial charge in [-0.05, 0) is 36.6 Å². The lowest BCUT2D eigenvalue weighted by molar-refractivity contribution is 0.416. The number of imidazole rings is 1. The van der Waals surface area contributed by atoms with Crippen LogP contribution in [-0.2, 0) is 6.54 Å². The van der Waals surface area contributed by atoms with Crippen LogP contribution in [-0.4, -0.2) is 44.7 Å². The minimum atomic E-state index is 0.446. The minimum Gasteiger partial charge on any atom is -0.496 e. The van der Waals surface area contributed by atoms with Crippen LogP contribution < -0.4 is 21.1 Å². The van der Waals surface area contributed by atoms with Gasteiger partial charge < -0.3 is 25.7 Å². The highest BCUT2D eigenvalue weighted by molar-refractivity contribution is 5.84. The molecule has 1 aliphatic carbocycles. The maximum Gasteiger partial charge on any atom is 0.226 e. The number of pyridine rings is 1. The molecule has 9 nitrogen and oxygen atoms in total. The van der Waals surface area contributed by atoms with Crippen molar-refractivity contribution >= 4 is 22.9 Å². The lowest BCUT2D eigenvalue weighted by Crippen LogP contribution is -2.16. The van der Waals surface area contributed by atoms with Crippen LogP contribution in [0.3, 0.4) is 0 Å². The molecule has 3 aromatic heterocycles. The van der Waals surface area contributed by atoms with Gasteiger partial charge in [0.05, 0.1) is 19.1 Å². The van der Waals surface area contributed by atoms with Crippen LogP contribution in [0, 0.1) is 0 Å². The van der Waals surface area contributed by atoms with Crippen molar-refractivity contribution in [2.24, 2.45) is 5.73 Å². The Bertz CT molecular complexity index is 1250. The number of para-hydroxylation sites is 1. The molecule has 0 bridgehead atoms. The number of hydrogen-bond acceptors (Lipinski definition) is 8. The number of nitrogens with two attached hydrogens (primary N) is 1. The number of nitrogens with one attached hydrogen (secondary N) is 2. The fraction of sp³-hybridized carbons (Fsp3) is 0.360. The number of hydrogen-bond donors (Lipinski definition) is 3. The smallest absolute Gasteiger partial charge is 0.226 e. The molecule has 0 spiro atoms. The molecule has 0 saturated heterocycles. The van der Waals surface area contributed by atoms with Crippen LogP contribution >= 0.6 is 0 Å². The molecule has 1 fully saturated rings. The summed E-state index contributed by atoms with van der Waals surface area (Å²) < 4.78 is 7.67. The molecule has 5 rings (SSSR count). The molecule has 0 radical (unpaired) electrons. The minimum absolute atomic E-state index is 0.446. The molecule has 1 aromatic carbocycles. The van der Waals surface area contributed by atoms with Gasteiger partial charge in [-0.2, -0.15) is 9.97 Å². The molecule has 0 aliphatic heterocycles. The first-order valence-electron chi connectivity index (χ1n) is 11.8. The second-order valence-electron chi connectivity index (χ2n) is 8.48. The Labute approximate surface area is 198 Å². The van der Waals surface area contributed by atoms with E-state index in [-0.39, 0.29) is 0 Å². The molecule has 1 aliphatic rings. The Balaban J connectivity index is 1.38. The molecule has 0 amide bonds. The molecule has 3 heterocycles. The average Bonchev–Trinajstić information content (AvgIpc) is 3.56. The van der Waals surface area contributed by atoms with Crippen LogP contribution in [0.2, 0.25) is 0 Å². The zero-order valence-corrected chi connectivity index (χ0v) is 19.4. The fourth-order valence-corrected chi connectivity index (χ4v) is 4.48. The molecule has 1 saturated carbocycles. The van der Waals surface area contributed by atoms with Crippen molar-refractivity contribution in [2.75, 3.05) is 30.8 Å². The van der Waals surface area contributed by atoms with Crippen LogP contribution in [0.15, 0.2) is 48.9 Å². The van der Waals surface area contributed by atoms with E-state index >= 15 is 0 Å². The summed E-state index contributed by atoms with van der Waals surface area (Å²) in [4.78, 5) is 18.7. The Kier molecular flexibility index (Phi) is 6.53. The molecule has 0 unspecified atom stereocenters. The quantitative estimate of drug-likeness (QED) is 0.345. The van der Waals surface area contributed by atoms with Crippen molar-refractivity contribution in [3.8, 4) is 17.0 Å². The second kappa shape index (κ2) is 10.0. The monoisotopic (exact) mass is 458 g/mol. The van der Waals surface area contributed by atoms with Gasteiger partial charge in [-0.15, -0.1) is 0 Å². The van der Waals surface area contributed by atoms with Crippen molar-refractivity contribution in [1.82, 2.24) is 24.5 Å². The Hall–Kier alpha value is -3.72. The lowest BCUT2D eigenvalue weighted by atomic mass is 10.1. The van der Waals surface area contributed by atoms with E-state index in [9.17, 15) is 0 Å². The standard InChI is InChI=1S/C25H30N8O/c1-34-21-9-5-4-8-19(21)20-11-10-17(14-28-20)15-29-23-22-24(32-25(31-23)27-13-12-26)33(16-30-22)18-6-2-3-7-18/h4-5,8-11,14,16,18H,2-3,6-7,12-13,15,26H2,1H3,(H2,27,29,31,32). The van der Waals surface area contributed by atoms with Gasteiger partial charge in [0, 0.05) is 37.4 Å². The molecule has 9 heteroatoms. The van der Waals surface area contributed by atoms with Crippen molar-refractivity contribution < 1.29 is 4.74 Å². The number of ether oxygens (including phenoxy) is 1. The molecule has 176 valence electrons. The summed E-state index contributed by atoms with van der Waals surface area (Å²) in [6.45, 7) is 1.69. The second-order valence-corrected chi connectivity index (χ2v) is 8.48. The van der Waals surface area contributed by atoms with E-state index in [0.717, 1.165) is 46.6 Å². The predicted octanol–water partition coefficient (Wildman–Crippen LogP) is 3.99. The molecule has 4 N–H and O–H groups in total. The van der Waals surface area contributed by atoms with Gasteiger partial charge in [0.2, 0.25) is 5.95 Å². The summed E-state index contributed by atoms with van der Waals surface area (Å²) in [5.74, 6) is 2.07. The van der Waals surface area contributed by atoms with Crippen molar-refractivity contribution in [1.29, 1.82) is 0 Å². The summed E-state index contributed by atoms with van der Waals surface area (Å²) in [6, 6.07) is 12.4. The highest BCUT2D eigenvalue weighted by Gasteiger charge is 2.21. The normalized spacial score (nSPS) is 13.9. The van der Waals surface area contributed by atoms with Gasteiger partial charge in [-0.3, -0.25) is 4.98 Å². The molecule has 34 heavy (non-hydrogen) atoms. The predicted molar refractivity (Wildman–Crippen MR) is 134 cm³/mol. The van der Waals surface area contributed by atoms with Crippen molar-refractivity contribution in [3.05, 3.63) is 54.5 Å². The first-order valence-corrected chi connectivity index (χ1v) is 11.8. The third kappa shape index (κ3) is 4.51. The van der Waals surface area contributed by atoms with E-state index in [1.165, 1.54) is 12.8 Å². The molecular weight excluding hydrogens is 428 g/mol. The molecule has 4 aromatic rings. The van der Waals surface area contributed by atoms with E-state index in [2.05, 4.69) is 36.2 Å². The number of fused-ring (bicyclic) bond motifs is 1. The molecular formula is C25H30N8O. The van der Waals surface area contributed by atoms with Gasteiger partial charge in [-0.1, -0.05) is 31.0 Å². The molecule has 0 atom stereocenters. The highest BCUT2D eigenvalue weighted by Crippen LogP contribution is 2.33. The van der Waals surface area contributed by atoms with E-state index < -0.39 is 0 Å². The Morgan fingerprint density at radius 2 is 1.91 bits per heavy atom. The Morgan fingerprint density at radius 3 is 2.68 bits per heavy atom. The van der Waals surface area contributed by atoms with Gasteiger partial charge in [0.1, 0.15) is 5.75 Å². The van der Waals surface area contributed by atoms with Crippen molar-refractivity contribution in [2.45, 2.75) is 38.3 Å². The zero-order valence-electron chi connectivity index (χ0n) is 19.4. The topological polar surface area (TPSA) is 116 Å². The fourth-order valence-electron chi connectivity index (χ4n) is 4.48. The van der Waals surface area contributed by atoms with Gasteiger partial charge in [0.15, 0.2) is 17.0 Å². The lowest BCUT2D eigenvalue weighted by Gasteiger charge is -2.14. The number of benzene rings is 1. The highest BCUT2D eigenvalue weighted by atomic mass is 16.5. The summed E-state index contributed by atoms with van der Waals surface area (Å²) in [5, 5.41) is 6.66.